The van der Waals surface area contributed by atoms with Gasteiger partial charge in [-0.05, 0) is 23.6 Å². The molecule has 7 heteroatoms. The first kappa shape index (κ1) is 19.4. The number of nitrogens with zero attached hydrogens (tertiary/aromatic N) is 4. The Morgan fingerprint density at radius 2 is 2.00 bits per heavy atom. The number of rotatable bonds is 7. The van der Waals surface area contributed by atoms with Crippen molar-refractivity contribution in [2.24, 2.45) is 0 Å². The van der Waals surface area contributed by atoms with Gasteiger partial charge >= 0.3 is 0 Å². The number of hydrogen-bond acceptors (Lipinski definition) is 5. The summed E-state index contributed by atoms with van der Waals surface area (Å²) in [4.78, 5) is 14.5. The van der Waals surface area contributed by atoms with E-state index in [0.29, 0.717) is 24.6 Å². The van der Waals surface area contributed by atoms with Crippen LogP contribution < -0.4 is 5.32 Å². The number of amides is 1. The molecular formula is C22H27N5O2. The Balaban J connectivity index is 1.30. The average molecular weight is 393 g/mol. The Kier molecular flexibility index (Phi) is 6.05. The first-order valence-corrected chi connectivity index (χ1v) is 10.2. The van der Waals surface area contributed by atoms with Crippen LogP contribution in [0.4, 0.5) is 0 Å². The summed E-state index contributed by atoms with van der Waals surface area (Å²) in [6, 6.07) is 14.0. The monoisotopic (exact) mass is 393 g/mol. The van der Waals surface area contributed by atoms with Crippen LogP contribution in [0.15, 0.2) is 53.1 Å². The predicted molar refractivity (Wildman–Crippen MR) is 110 cm³/mol. The third-order valence-electron chi connectivity index (χ3n) is 5.48. The van der Waals surface area contributed by atoms with Crippen molar-refractivity contribution in [3.8, 4) is 0 Å². The molecule has 1 aliphatic heterocycles. The van der Waals surface area contributed by atoms with Crippen LogP contribution in [0.25, 0.3) is 0 Å². The summed E-state index contributed by atoms with van der Waals surface area (Å²) in [6.45, 7) is 6.68. The molecule has 0 aliphatic carbocycles. The molecule has 1 N–H and O–H groups in total. The molecule has 3 heterocycles. The Morgan fingerprint density at radius 3 is 2.79 bits per heavy atom. The van der Waals surface area contributed by atoms with E-state index in [1.165, 1.54) is 11.8 Å². The molecule has 0 bridgehead atoms. The van der Waals surface area contributed by atoms with Crippen molar-refractivity contribution >= 4 is 5.91 Å². The van der Waals surface area contributed by atoms with Crippen LogP contribution in [0.5, 0.6) is 0 Å². The average Bonchev–Trinajstić information content (AvgIpc) is 3.37. The van der Waals surface area contributed by atoms with Gasteiger partial charge in [0.15, 0.2) is 5.76 Å². The van der Waals surface area contributed by atoms with Crippen molar-refractivity contribution in [1.29, 1.82) is 0 Å². The van der Waals surface area contributed by atoms with Crippen molar-refractivity contribution < 1.29 is 9.21 Å². The van der Waals surface area contributed by atoms with Gasteiger partial charge in [0.05, 0.1) is 6.26 Å². The number of fused-ring (bicyclic) bond motifs is 1. The zero-order chi connectivity index (χ0) is 20.1. The topological polar surface area (TPSA) is 76.2 Å². The number of carbonyl (C=O) groups is 1. The number of nitrogens with one attached hydrogen (secondary N) is 1. The summed E-state index contributed by atoms with van der Waals surface area (Å²) in [5.74, 6) is 2.58. The Hall–Kier alpha value is -2.93. The molecule has 0 saturated carbocycles. The van der Waals surface area contributed by atoms with Crippen LogP contribution in [0.3, 0.4) is 0 Å². The number of benzene rings is 1. The number of aromatic nitrogens is 3. The van der Waals surface area contributed by atoms with Crippen molar-refractivity contribution in [2.45, 2.75) is 32.2 Å². The fraction of sp³-hybridized carbons (Fsp3) is 0.409. The molecule has 0 fully saturated rings. The minimum absolute atomic E-state index is 0.202. The highest BCUT2D eigenvalue weighted by Gasteiger charge is 2.20. The first-order valence-electron chi connectivity index (χ1n) is 10.2. The maximum Gasteiger partial charge on any atom is 0.286 e. The van der Waals surface area contributed by atoms with E-state index in [4.69, 9.17) is 4.42 Å². The summed E-state index contributed by atoms with van der Waals surface area (Å²) in [5.41, 5.74) is 1.38. The lowest BCUT2D eigenvalue weighted by Gasteiger charge is -2.24. The molecule has 0 radical (unpaired) electrons. The number of carbonyl (C=O) groups excluding carboxylic acids is 1. The molecule has 0 spiro atoms. The van der Waals surface area contributed by atoms with Gasteiger partial charge in [-0.25, -0.2) is 0 Å². The second kappa shape index (κ2) is 9.05. The first-order chi connectivity index (χ1) is 14.2. The second-order valence-electron chi connectivity index (χ2n) is 7.53. The summed E-state index contributed by atoms with van der Waals surface area (Å²) < 4.78 is 7.33. The van der Waals surface area contributed by atoms with E-state index in [0.717, 1.165) is 44.2 Å². The van der Waals surface area contributed by atoms with Crippen molar-refractivity contribution in [2.75, 3.05) is 26.2 Å². The van der Waals surface area contributed by atoms with Crippen LogP contribution in [0.2, 0.25) is 0 Å². The van der Waals surface area contributed by atoms with E-state index in [9.17, 15) is 4.79 Å². The van der Waals surface area contributed by atoms with E-state index in [2.05, 4.69) is 62.2 Å². The summed E-state index contributed by atoms with van der Waals surface area (Å²) in [6.07, 6.45) is 3.05. The quantitative estimate of drug-likeness (QED) is 0.667. The van der Waals surface area contributed by atoms with Gasteiger partial charge in [-0.1, -0.05) is 37.3 Å². The molecule has 152 valence electrons. The molecule has 2 aromatic heterocycles. The lowest BCUT2D eigenvalue weighted by atomic mass is 10.0. The smallest absolute Gasteiger partial charge is 0.286 e. The van der Waals surface area contributed by atoms with Crippen molar-refractivity contribution in [1.82, 2.24) is 25.0 Å². The molecule has 1 amide bonds. The number of furan rings is 1. The zero-order valence-electron chi connectivity index (χ0n) is 16.8. The Bertz CT molecular complexity index is 920. The van der Waals surface area contributed by atoms with Crippen LogP contribution in [-0.2, 0) is 19.4 Å². The highest BCUT2D eigenvalue weighted by molar-refractivity contribution is 5.91. The van der Waals surface area contributed by atoms with Gasteiger partial charge in [-0.2, -0.15) is 0 Å². The fourth-order valence-electron chi connectivity index (χ4n) is 3.85. The molecule has 1 atom stereocenters. The normalized spacial score (nSPS) is 15.5. The van der Waals surface area contributed by atoms with Crippen LogP contribution in [-0.4, -0.2) is 51.8 Å². The van der Waals surface area contributed by atoms with E-state index in [-0.39, 0.29) is 5.91 Å². The molecule has 7 nitrogen and oxygen atoms in total. The van der Waals surface area contributed by atoms with Gasteiger partial charge < -0.3 is 19.2 Å². The maximum absolute atomic E-state index is 12.0. The minimum Gasteiger partial charge on any atom is -0.459 e. The van der Waals surface area contributed by atoms with E-state index in [1.807, 2.05) is 0 Å². The van der Waals surface area contributed by atoms with Gasteiger partial charge in [0.2, 0.25) is 0 Å². The van der Waals surface area contributed by atoms with E-state index < -0.39 is 0 Å². The third kappa shape index (κ3) is 4.74. The number of hydrogen-bond donors (Lipinski definition) is 1. The highest BCUT2D eigenvalue weighted by Crippen LogP contribution is 2.18. The Labute approximate surface area is 170 Å². The van der Waals surface area contributed by atoms with Gasteiger partial charge in [-0.15, -0.1) is 10.2 Å². The van der Waals surface area contributed by atoms with Crippen LogP contribution >= 0.6 is 0 Å². The molecule has 0 saturated heterocycles. The summed E-state index contributed by atoms with van der Waals surface area (Å²) in [7, 11) is 0. The van der Waals surface area contributed by atoms with Crippen LogP contribution in [0.1, 0.15) is 40.6 Å². The van der Waals surface area contributed by atoms with E-state index >= 15 is 0 Å². The molecule has 4 rings (SSSR count). The predicted octanol–water partition coefficient (Wildman–Crippen LogP) is 2.51. The fourth-order valence-corrected chi connectivity index (χ4v) is 3.85. The maximum atomic E-state index is 12.0. The summed E-state index contributed by atoms with van der Waals surface area (Å²) >= 11 is 0. The Morgan fingerprint density at radius 1 is 1.14 bits per heavy atom. The lowest BCUT2D eigenvalue weighted by molar-refractivity contribution is 0.0926. The molecular weight excluding hydrogens is 366 g/mol. The van der Waals surface area contributed by atoms with Gasteiger partial charge in [0.1, 0.15) is 11.6 Å². The zero-order valence-corrected chi connectivity index (χ0v) is 16.8. The molecule has 1 aromatic carbocycles. The molecule has 1 aliphatic rings. The van der Waals surface area contributed by atoms with E-state index in [1.54, 1.807) is 12.1 Å². The molecule has 3 aromatic rings. The molecule has 0 unspecified atom stereocenters. The standard InChI is InChI=1S/C22H27N5O2/c1-17(18-6-3-2-4-7-18)16-26-12-10-21-25-24-20(27(21)14-13-26)9-11-23-22(28)19-8-5-15-29-19/h2-8,15,17H,9-14,16H2,1H3,(H,23,28)/t17-/m0/s1. The van der Waals surface area contributed by atoms with Gasteiger partial charge in [-0.3, -0.25) is 4.79 Å². The lowest BCUT2D eigenvalue weighted by Crippen LogP contribution is -2.31. The van der Waals surface area contributed by atoms with Gasteiger partial charge in [0.25, 0.3) is 5.91 Å². The second-order valence-corrected chi connectivity index (χ2v) is 7.53. The minimum atomic E-state index is -0.202. The SMILES string of the molecule is C[C@@H](CN1CCc2nnc(CCNC(=O)c3ccco3)n2CC1)c1ccccc1. The van der Waals surface area contributed by atoms with Crippen molar-refractivity contribution in [3.05, 3.63) is 71.7 Å². The van der Waals surface area contributed by atoms with Crippen molar-refractivity contribution in [3.63, 3.8) is 0 Å². The largest absolute Gasteiger partial charge is 0.459 e. The summed E-state index contributed by atoms with van der Waals surface area (Å²) in [5, 5.41) is 11.6. The molecule has 29 heavy (non-hydrogen) atoms. The van der Waals surface area contributed by atoms with Crippen LogP contribution in [0, 0.1) is 0 Å². The van der Waals surface area contributed by atoms with Gasteiger partial charge in [0, 0.05) is 45.6 Å². The third-order valence-corrected chi connectivity index (χ3v) is 5.48. The highest BCUT2D eigenvalue weighted by atomic mass is 16.3.